The number of nitrogens with zero attached hydrogens (tertiary/aromatic N) is 1. The van der Waals surface area contributed by atoms with E-state index in [1.165, 1.54) is 25.1 Å². The predicted octanol–water partition coefficient (Wildman–Crippen LogP) is 4.73. The van der Waals surface area contributed by atoms with Crippen LogP contribution in [0.1, 0.15) is 37.4 Å². The van der Waals surface area contributed by atoms with Gasteiger partial charge in [0, 0.05) is 10.0 Å². The second-order valence-electron chi connectivity index (χ2n) is 7.06. The van der Waals surface area contributed by atoms with Crippen molar-refractivity contribution in [1.82, 2.24) is 5.32 Å². The summed E-state index contributed by atoms with van der Waals surface area (Å²) in [6.45, 7) is 5.39. The highest BCUT2D eigenvalue weighted by atomic mass is 35.5. The number of hydrogen-bond acceptors (Lipinski definition) is 4. The van der Waals surface area contributed by atoms with E-state index in [2.05, 4.69) is 5.32 Å². The molecule has 2 atom stereocenters. The standard InChI is InChI=1S/C21H26Cl2N2O4S/c1-6-19(15-7-8-20(29-4)13(2)9-15)24-21(26)14(3)25(30(5,27)28)18-11-16(22)10-17(23)12-18/h7-12,14,19H,6H2,1-5H3,(H,24,26)/t14-,19+/m0/s1. The van der Waals surface area contributed by atoms with E-state index >= 15 is 0 Å². The molecule has 0 aliphatic rings. The van der Waals surface area contributed by atoms with Crippen molar-refractivity contribution in [2.24, 2.45) is 0 Å². The van der Waals surface area contributed by atoms with Crippen LogP contribution in [-0.2, 0) is 14.8 Å². The molecule has 0 saturated carbocycles. The van der Waals surface area contributed by atoms with Gasteiger partial charge in [-0.25, -0.2) is 8.42 Å². The molecule has 0 bridgehead atoms. The molecule has 30 heavy (non-hydrogen) atoms. The van der Waals surface area contributed by atoms with Crippen LogP contribution in [-0.4, -0.2) is 33.7 Å². The predicted molar refractivity (Wildman–Crippen MR) is 122 cm³/mol. The van der Waals surface area contributed by atoms with Crippen LogP contribution in [0.4, 0.5) is 5.69 Å². The zero-order valence-electron chi connectivity index (χ0n) is 17.6. The second kappa shape index (κ2) is 9.90. The lowest BCUT2D eigenvalue weighted by molar-refractivity contribution is -0.122. The molecule has 164 valence electrons. The van der Waals surface area contributed by atoms with E-state index in [0.717, 1.165) is 27.4 Å². The van der Waals surface area contributed by atoms with Crippen LogP contribution < -0.4 is 14.4 Å². The summed E-state index contributed by atoms with van der Waals surface area (Å²) in [6.07, 6.45) is 1.67. The van der Waals surface area contributed by atoms with Crippen molar-refractivity contribution in [3.05, 3.63) is 57.6 Å². The third-order valence-corrected chi connectivity index (χ3v) is 6.41. The number of rotatable bonds is 8. The second-order valence-corrected chi connectivity index (χ2v) is 9.79. The van der Waals surface area contributed by atoms with Gasteiger partial charge in [0.25, 0.3) is 0 Å². The molecule has 2 aromatic rings. The third-order valence-electron chi connectivity index (χ3n) is 4.74. The normalized spacial score (nSPS) is 13.4. The van der Waals surface area contributed by atoms with Crippen LogP contribution in [0.3, 0.4) is 0 Å². The minimum Gasteiger partial charge on any atom is -0.496 e. The van der Waals surface area contributed by atoms with E-state index in [4.69, 9.17) is 27.9 Å². The maximum atomic E-state index is 13.0. The molecule has 0 heterocycles. The summed E-state index contributed by atoms with van der Waals surface area (Å²) >= 11 is 12.1. The number of methoxy groups -OCH3 is 1. The molecule has 0 fully saturated rings. The molecule has 1 amide bonds. The van der Waals surface area contributed by atoms with Gasteiger partial charge in [-0.2, -0.15) is 0 Å². The van der Waals surface area contributed by atoms with Gasteiger partial charge in [0.1, 0.15) is 11.8 Å². The van der Waals surface area contributed by atoms with Crippen molar-refractivity contribution in [2.75, 3.05) is 17.7 Å². The topological polar surface area (TPSA) is 75.7 Å². The molecule has 0 aromatic heterocycles. The Labute approximate surface area is 188 Å². The molecule has 0 aliphatic carbocycles. The van der Waals surface area contributed by atoms with Crippen molar-refractivity contribution >= 4 is 44.8 Å². The van der Waals surface area contributed by atoms with Gasteiger partial charge in [0.2, 0.25) is 15.9 Å². The number of carbonyl (C=O) groups is 1. The Hall–Kier alpha value is -1.96. The molecule has 0 spiro atoms. The highest BCUT2D eigenvalue weighted by Crippen LogP contribution is 2.29. The van der Waals surface area contributed by atoms with E-state index in [-0.39, 0.29) is 21.8 Å². The van der Waals surface area contributed by atoms with Gasteiger partial charge in [0.15, 0.2) is 0 Å². The molecule has 2 rings (SSSR count). The number of halogens is 2. The summed E-state index contributed by atoms with van der Waals surface area (Å²) in [4.78, 5) is 13.0. The lowest BCUT2D eigenvalue weighted by atomic mass is 10.0. The minimum atomic E-state index is -3.78. The molecular weight excluding hydrogens is 447 g/mol. The zero-order chi connectivity index (χ0) is 22.6. The van der Waals surface area contributed by atoms with Crippen LogP contribution in [0.5, 0.6) is 5.75 Å². The first-order valence-corrected chi connectivity index (χ1v) is 12.0. The summed E-state index contributed by atoms with van der Waals surface area (Å²) in [5, 5.41) is 3.50. The van der Waals surface area contributed by atoms with Gasteiger partial charge in [-0.3, -0.25) is 9.10 Å². The summed E-state index contributed by atoms with van der Waals surface area (Å²) in [6, 6.07) is 8.80. The fraction of sp³-hybridized carbons (Fsp3) is 0.381. The van der Waals surface area contributed by atoms with Gasteiger partial charge in [-0.15, -0.1) is 0 Å². The Morgan fingerprint density at radius 2 is 1.77 bits per heavy atom. The van der Waals surface area contributed by atoms with E-state index in [9.17, 15) is 13.2 Å². The molecule has 6 nitrogen and oxygen atoms in total. The Bertz CT molecular complexity index is 1010. The number of amides is 1. The Morgan fingerprint density at radius 1 is 1.17 bits per heavy atom. The fourth-order valence-electron chi connectivity index (χ4n) is 3.31. The highest BCUT2D eigenvalue weighted by Gasteiger charge is 2.30. The number of hydrogen-bond donors (Lipinski definition) is 1. The summed E-state index contributed by atoms with van der Waals surface area (Å²) in [5.41, 5.74) is 2.08. The van der Waals surface area contributed by atoms with E-state index in [1.54, 1.807) is 7.11 Å². The Kier molecular flexibility index (Phi) is 8.02. The molecule has 1 N–H and O–H groups in total. The fourth-order valence-corrected chi connectivity index (χ4v) is 4.98. The van der Waals surface area contributed by atoms with Crippen molar-refractivity contribution in [2.45, 2.75) is 39.3 Å². The number of nitrogens with one attached hydrogen (secondary N) is 1. The Balaban J connectivity index is 2.33. The maximum Gasteiger partial charge on any atom is 0.244 e. The molecular formula is C21H26Cl2N2O4S. The van der Waals surface area contributed by atoms with Gasteiger partial charge in [0.05, 0.1) is 25.1 Å². The summed E-state index contributed by atoms with van der Waals surface area (Å²) in [7, 11) is -2.18. The summed E-state index contributed by atoms with van der Waals surface area (Å²) in [5.74, 6) is 0.325. The number of aryl methyl sites for hydroxylation is 1. The van der Waals surface area contributed by atoms with Crippen LogP contribution in [0, 0.1) is 6.92 Å². The van der Waals surface area contributed by atoms with Gasteiger partial charge in [-0.1, -0.05) is 42.3 Å². The van der Waals surface area contributed by atoms with Crippen LogP contribution in [0.25, 0.3) is 0 Å². The number of sulfonamides is 1. The number of benzene rings is 2. The first-order valence-electron chi connectivity index (χ1n) is 9.38. The lowest BCUT2D eigenvalue weighted by Crippen LogP contribution is -2.48. The van der Waals surface area contributed by atoms with Crippen LogP contribution >= 0.6 is 23.2 Å². The Morgan fingerprint density at radius 3 is 2.23 bits per heavy atom. The first-order chi connectivity index (χ1) is 14.0. The van der Waals surface area contributed by atoms with Crippen LogP contribution in [0.15, 0.2) is 36.4 Å². The largest absolute Gasteiger partial charge is 0.496 e. The van der Waals surface area contributed by atoms with Crippen molar-refractivity contribution < 1.29 is 17.9 Å². The molecule has 0 aliphatic heterocycles. The molecule has 0 unspecified atom stereocenters. The SMILES string of the molecule is CC[C@@H](NC(=O)[C@H](C)N(c1cc(Cl)cc(Cl)c1)S(C)(=O)=O)c1ccc(OC)c(C)c1. The zero-order valence-corrected chi connectivity index (χ0v) is 19.9. The molecule has 2 aromatic carbocycles. The van der Waals surface area contributed by atoms with E-state index in [1.807, 2.05) is 32.0 Å². The first kappa shape index (κ1) is 24.3. The third kappa shape index (κ3) is 5.80. The van der Waals surface area contributed by atoms with Crippen LogP contribution in [0.2, 0.25) is 10.0 Å². The highest BCUT2D eigenvalue weighted by molar-refractivity contribution is 7.92. The smallest absolute Gasteiger partial charge is 0.244 e. The summed E-state index contributed by atoms with van der Waals surface area (Å²) < 4.78 is 31.3. The van der Waals surface area contributed by atoms with Crippen molar-refractivity contribution in [3.8, 4) is 5.75 Å². The molecule has 0 saturated heterocycles. The van der Waals surface area contributed by atoms with Gasteiger partial charge < -0.3 is 10.1 Å². The van der Waals surface area contributed by atoms with Crippen molar-refractivity contribution in [3.63, 3.8) is 0 Å². The van der Waals surface area contributed by atoms with E-state index < -0.39 is 22.0 Å². The number of anilines is 1. The quantitative estimate of drug-likeness (QED) is 0.602. The lowest BCUT2D eigenvalue weighted by Gasteiger charge is -2.30. The maximum absolute atomic E-state index is 13.0. The average molecular weight is 473 g/mol. The molecule has 0 radical (unpaired) electrons. The molecule has 9 heteroatoms. The van der Waals surface area contributed by atoms with Gasteiger partial charge in [-0.05, 0) is 55.7 Å². The monoisotopic (exact) mass is 472 g/mol. The number of ether oxygens (including phenoxy) is 1. The minimum absolute atomic E-state index is 0.228. The average Bonchev–Trinajstić information content (AvgIpc) is 2.63. The number of carbonyl (C=O) groups excluding carboxylic acids is 1. The van der Waals surface area contributed by atoms with Crippen molar-refractivity contribution in [1.29, 1.82) is 0 Å². The van der Waals surface area contributed by atoms with E-state index in [0.29, 0.717) is 6.42 Å². The van der Waals surface area contributed by atoms with Gasteiger partial charge >= 0.3 is 0 Å².